The van der Waals surface area contributed by atoms with E-state index in [-0.39, 0.29) is 0 Å². The summed E-state index contributed by atoms with van der Waals surface area (Å²) in [7, 11) is -3.33. The fourth-order valence-corrected chi connectivity index (χ4v) is 4.98. The fourth-order valence-electron chi connectivity index (χ4n) is 2.41. The maximum Gasteiger partial charge on any atom is 0.252 e. The minimum absolute atomic E-state index is 0.420. The Balaban J connectivity index is 1.69. The summed E-state index contributed by atoms with van der Waals surface area (Å²) in [6, 6.07) is 11.1. The second kappa shape index (κ2) is 5.67. The van der Waals surface area contributed by atoms with Crippen molar-refractivity contribution in [1.82, 2.24) is 4.31 Å². The molecule has 21 heavy (non-hydrogen) atoms. The van der Waals surface area contributed by atoms with Crippen LogP contribution in [0.5, 0.6) is 0 Å². The highest BCUT2D eigenvalue weighted by Crippen LogP contribution is 2.24. The van der Waals surface area contributed by atoms with E-state index >= 15 is 0 Å². The third-order valence-electron chi connectivity index (χ3n) is 3.59. The number of sulfonamides is 1. The molecule has 5 nitrogen and oxygen atoms in total. The molecule has 2 heterocycles. The maximum absolute atomic E-state index is 12.4. The van der Waals surface area contributed by atoms with Crippen LogP contribution in [-0.2, 0) is 10.0 Å². The summed E-state index contributed by atoms with van der Waals surface area (Å²) in [6.45, 7) is 2.39. The molecule has 1 saturated heterocycles. The number of rotatable bonds is 3. The number of hydrogen-bond donors (Lipinski definition) is 1. The maximum atomic E-state index is 12.4. The molecular weight excluding hydrogens is 306 g/mol. The standard InChI is InChI=1S/C14H17N3O2S2/c15-12-3-5-13(6-4-12)16-7-9-17(10-8-16)21(18,19)14-2-1-11-20-14/h1-6,11H,7-10,15H2. The van der Waals surface area contributed by atoms with E-state index in [1.165, 1.54) is 11.3 Å². The lowest BCUT2D eigenvalue weighted by atomic mass is 10.2. The van der Waals surface area contributed by atoms with Crippen LogP contribution in [0.25, 0.3) is 0 Å². The minimum atomic E-state index is -3.33. The number of anilines is 2. The van der Waals surface area contributed by atoms with Gasteiger partial charge in [0.15, 0.2) is 0 Å². The van der Waals surface area contributed by atoms with Gasteiger partial charge in [0.2, 0.25) is 0 Å². The molecule has 2 N–H and O–H groups in total. The van der Waals surface area contributed by atoms with E-state index in [4.69, 9.17) is 5.73 Å². The Labute approximate surface area is 128 Å². The lowest BCUT2D eigenvalue weighted by molar-refractivity contribution is 0.386. The van der Waals surface area contributed by atoms with Crippen LogP contribution in [0, 0.1) is 0 Å². The molecule has 112 valence electrons. The summed E-state index contributed by atoms with van der Waals surface area (Å²) in [5.41, 5.74) is 7.50. The number of hydrogen-bond acceptors (Lipinski definition) is 5. The van der Waals surface area contributed by atoms with Crippen molar-refractivity contribution in [2.45, 2.75) is 4.21 Å². The smallest absolute Gasteiger partial charge is 0.252 e. The highest BCUT2D eigenvalue weighted by Gasteiger charge is 2.29. The van der Waals surface area contributed by atoms with E-state index in [0.29, 0.717) is 30.4 Å². The van der Waals surface area contributed by atoms with Gasteiger partial charge in [0.1, 0.15) is 4.21 Å². The zero-order valence-electron chi connectivity index (χ0n) is 11.5. The topological polar surface area (TPSA) is 66.6 Å². The van der Waals surface area contributed by atoms with Gasteiger partial charge in [0.05, 0.1) is 0 Å². The van der Waals surface area contributed by atoms with Crippen molar-refractivity contribution in [3.63, 3.8) is 0 Å². The molecule has 0 atom stereocenters. The van der Waals surface area contributed by atoms with Crippen molar-refractivity contribution in [2.24, 2.45) is 0 Å². The van der Waals surface area contributed by atoms with Gasteiger partial charge < -0.3 is 10.6 Å². The first-order valence-corrected chi connectivity index (χ1v) is 9.03. The Kier molecular flexibility index (Phi) is 3.88. The Morgan fingerprint density at radius 2 is 1.67 bits per heavy atom. The van der Waals surface area contributed by atoms with Crippen LogP contribution in [0.15, 0.2) is 46.0 Å². The van der Waals surface area contributed by atoms with Crippen LogP contribution in [0.3, 0.4) is 0 Å². The quantitative estimate of drug-likeness (QED) is 0.875. The Morgan fingerprint density at radius 3 is 2.24 bits per heavy atom. The van der Waals surface area contributed by atoms with Crippen LogP contribution in [0.1, 0.15) is 0 Å². The highest BCUT2D eigenvalue weighted by atomic mass is 32.2. The molecule has 0 amide bonds. The lowest BCUT2D eigenvalue weighted by Crippen LogP contribution is -2.48. The Morgan fingerprint density at radius 1 is 1.00 bits per heavy atom. The molecule has 1 aromatic heterocycles. The van der Waals surface area contributed by atoms with Gasteiger partial charge in [-0.05, 0) is 35.7 Å². The molecule has 1 fully saturated rings. The first kappa shape index (κ1) is 14.4. The minimum Gasteiger partial charge on any atom is -0.399 e. The van der Waals surface area contributed by atoms with Crippen molar-refractivity contribution in [3.8, 4) is 0 Å². The highest BCUT2D eigenvalue weighted by molar-refractivity contribution is 7.91. The van der Waals surface area contributed by atoms with Gasteiger partial charge >= 0.3 is 0 Å². The van der Waals surface area contributed by atoms with Gasteiger partial charge in [-0.3, -0.25) is 0 Å². The predicted molar refractivity (Wildman–Crippen MR) is 86.1 cm³/mol. The van der Waals surface area contributed by atoms with Crippen LogP contribution < -0.4 is 10.6 Å². The molecular formula is C14H17N3O2S2. The average molecular weight is 323 g/mol. The summed E-state index contributed by atoms with van der Waals surface area (Å²) < 4.78 is 26.9. The SMILES string of the molecule is Nc1ccc(N2CCN(S(=O)(=O)c3cccs3)CC2)cc1. The molecule has 7 heteroatoms. The summed E-state index contributed by atoms with van der Waals surface area (Å²) in [5.74, 6) is 0. The van der Waals surface area contributed by atoms with Gasteiger partial charge in [0, 0.05) is 37.6 Å². The monoisotopic (exact) mass is 323 g/mol. The van der Waals surface area contributed by atoms with Crippen LogP contribution in [-0.4, -0.2) is 38.9 Å². The number of piperazine rings is 1. The lowest BCUT2D eigenvalue weighted by Gasteiger charge is -2.35. The molecule has 1 aliphatic rings. The first-order valence-electron chi connectivity index (χ1n) is 6.71. The third-order valence-corrected chi connectivity index (χ3v) is 6.86. The third kappa shape index (κ3) is 2.90. The first-order chi connectivity index (χ1) is 10.1. The number of benzene rings is 1. The second-order valence-electron chi connectivity index (χ2n) is 4.91. The molecule has 1 aromatic carbocycles. The van der Waals surface area contributed by atoms with Crippen molar-refractivity contribution >= 4 is 32.7 Å². The van der Waals surface area contributed by atoms with Gasteiger partial charge in [-0.2, -0.15) is 4.31 Å². The van der Waals surface area contributed by atoms with Crippen molar-refractivity contribution in [2.75, 3.05) is 36.8 Å². The predicted octanol–water partition coefficient (Wildman–Crippen LogP) is 1.84. The van der Waals surface area contributed by atoms with Crippen molar-refractivity contribution < 1.29 is 8.42 Å². The number of nitrogens with two attached hydrogens (primary N) is 1. The Bertz CT molecular complexity index is 688. The summed E-state index contributed by atoms with van der Waals surface area (Å²) in [5, 5.41) is 1.79. The van der Waals surface area contributed by atoms with E-state index < -0.39 is 10.0 Å². The van der Waals surface area contributed by atoms with Gasteiger partial charge in [-0.25, -0.2) is 8.42 Å². The zero-order valence-corrected chi connectivity index (χ0v) is 13.1. The van der Waals surface area contributed by atoms with E-state index in [0.717, 1.165) is 11.4 Å². The van der Waals surface area contributed by atoms with Crippen molar-refractivity contribution in [1.29, 1.82) is 0 Å². The largest absolute Gasteiger partial charge is 0.399 e. The van der Waals surface area contributed by atoms with Crippen LogP contribution in [0.2, 0.25) is 0 Å². The van der Waals surface area contributed by atoms with E-state index in [1.54, 1.807) is 21.8 Å². The molecule has 3 rings (SSSR count). The summed E-state index contributed by atoms with van der Waals surface area (Å²) in [4.78, 5) is 2.18. The molecule has 0 aliphatic carbocycles. The van der Waals surface area contributed by atoms with Gasteiger partial charge in [-0.15, -0.1) is 11.3 Å². The molecule has 2 aromatic rings. The average Bonchev–Trinajstić information content (AvgIpc) is 3.03. The van der Waals surface area contributed by atoms with Gasteiger partial charge in [-0.1, -0.05) is 6.07 Å². The van der Waals surface area contributed by atoms with Gasteiger partial charge in [0.25, 0.3) is 10.0 Å². The summed E-state index contributed by atoms with van der Waals surface area (Å²) in [6.07, 6.45) is 0. The molecule has 0 spiro atoms. The molecule has 1 aliphatic heterocycles. The van der Waals surface area contributed by atoms with Crippen LogP contribution in [0.4, 0.5) is 11.4 Å². The second-order valence-corrected chi connectivity index (χ2v) is 8.03. The molecule has 0 unspecified atom stereocenters. The van der Waals surface area contributed by atoms with E-state index in [1.807, 2.05) is 24.3 Å². The number of thiophene rings is 1. The molecule has 0 saturated carbocycles. The number of nitrogen functional groups attached to an aromatic ring is 1. The van der Waals surface area contributed by atoms with E-state index in [2.05, 4.69) is 4.90 Å². The number of nitrogens with zero attached hydrogens (tertiary/aromatic N) is 2. The molecule has 0 radical (unpaired) electrons. The molecule has 0 bridgehead atoms. The summed E-state index contributed by atoms with van der Waals surface area (Å²) >= 11 is 1.27. The normalized spacial score (nSPS) is 17.0. The van der Waals surface area contributed by atoms with Crippen molar-refractivity contribution in [3.05, 3.63) is 41.8 Å². The van der Waals surface area contributed by atoms with E-state index in [9.17, 15) is 8.42 Å². The van der Waals surface area contributed by atoms with Crippen LogP contribution >= 0.6 is 11.3 Å². The fraction of sp³-hybridized carbons (Fsp3) is 0.286. The Hall–Kier alpha value is -1.57. The zero-order chi connectivity index (χ0) is 14.9.